The maximum Gasteiger partial charge on any atom is 0.338 e. The molecule has 0 bridgehead atoms. The average Bonchev–Trinajstić information content (AvgIpc) is 3.83. The van der Waals surface area contributed by atoms with Gasteiger partial charge in [-0.25, -0.2) is 4.79 Å². The van der Waals surface area contributed by atoms with Crippen LogP contribution in [0.15, 0.2) is 54.6 Å². The van der Waals surface area contributed by atoms with Gasteiger partial charge in [-0.1, -0.05) is 70.2 Å². The zero-order chi connectivity index (χ0) is 33.4. The molecule has 4 heterocycles. The Morgan fingerprint density at radius 2 is 1.20 bits per heavy atom. The highest BCUT2D eigenvalue weighted by molar-refractivity contribution is 5.89. The summed E-state index contributed by atoms with van der Waals surface area (Å²) >= 11 is 0. The standard InChI is InChI=1S/C14H18O3.C10H12O2.C7H14O2.C6H12O2/c1-14(2,3)11-6-4-10(5-7-11)13(15)17-9-12-8-16-12;1-2-4-9(5-3-1)6-11-7-10-8-12-10;1-7(2,3)9-5-6-4-8-6;1-2-3-7-4-6-5-8-6/h4-7,12H,8-9H2,1-3H3;1-5,10H,6-8H2;6H,4-5H2,1-3H3;6H,2-5H2,1H3. The van der Waals surface area contributed by atoms with Crippen LogP contribution in [-0.4, -0.2) is 95.4 Å². The van der Waals surface area contributed by atoms with Crippen molar-refractivity contribution in [2.24, 2.45) is 0 Å². The van der Waals surface area contributed by atoms with Gasteiger partial charge in [-0.2, -0.15) is 0 Å². The van der Waals surface area contributed by atoms with Crippen LogP contribution < -0.4 is 0 Å². The second-order valence-electron chi connectivity index (χ2n) is 13.7. The highest BCUT2D eigenvalue weighted by Crippen LogP contribution is 2.22. The fourth-order valence-corrected chi connectivity index (χ4v) is 3.60. The third kappa shape index (κ3) is 19.3. The number of epoxide rings is 4. The molecule has 4 unspecified atom stereocenters. The van der Waals surface area contributed by atoms with Crippen LogP contribution in [0.3, 0.4) is 0 Å². The van der Waals surface area contributed by atoms with Crippen molar-refractivity contribution < 1.29 is 42.7 Å². The smallest absolute Gasteiger partial charge is 0.338 e. The number of esters is 1. The predicted octanol–water partition coefficient (Wildman–Crippen LogP) is 6.15. The van der Waals surface area contributed by atoms with Crippen molar-refractivity contribution in [2.75, 3.05) is 59.5 Å². The summed E-state index contributed by atoms with van der Waals surface area (Å²) in [4.78, 5) is 11.7. The lowest BCUT2D eigenvalue weighted by molar-refractivity contribution is -0.0104. The quantitative estimate of drug-likeness (QED) is 0.144. The molecule has 0 aliphatic carbocycles. The summed E-state index contributed by atoms with van der Waals surface area (Å²) in [5.41, 5.74) is 3.12. The summed E-state index contributed by atoms with van der Waals surface area (Å²) in [5.74, 6) is -0.277. The molecule has 0 radical (unpaired) electrons. The first-order valence-electron chi connectivity index (χ1n) is 16.5. The SMILES string of the molecule is CC(C)(C)OCC1CO1.CC(C)(C)c1ccc(C(=O)OCC2CO2)cc1.CCCOCC1CO1.c1ccc(COCC2CO2)cc1. The number of carbonyl (C=O) groups is 1. The van der Waals surface area contributed by atoms with E-state index in [-0.39, 0.29) is 23.1 Å². The fourth-order valence-electron chi connectivity index (χ4n) is 3.60. The van der Waals surface area contributed by atoms with Crippen LogP contribution in [-0.2, 0) is 49.9 Å². The Kier molecular flexibility index (Phi) is 16.1. The van der Waals surface area contributed by atoms with E-state index in [1.165, 1.54) is 11.1 Å². The number of hydrogen-bond donors (Lipinski definition) is 0. The minimum absolute atomic E-state index is 0.00799. The molecule has 0 saturated carbocycles. The summed E-state index contributed by atoms with van der Waals surface area (Å²) in [7, 11) is 0. The van der Waals surface area contributed by atoms with Crippen molar-refractivity contribution in [1.82, 2.24) is 0 Å². The first kappa shape index (κ1) is 38.1. The number of hydrogen-bond acceptors (Lipinski definition) is 9. The molecule has 4 saturated heterocycles. The number of carbonyl (C=O) groups excluding carboxylic acids is 1. The summed E-state index contributed by atoms with van der Waals surface area (Å²) in [6, 6.07) is 17.8. The Balaban J connectivity index is 0.000000175. The Bertz CT molecular complexity index is 1090. The molecular weight excluding hydrogens is 588 g/mol. The van der Waals surface area contributed by atoms with Gasteiger partial charge in [-0.3, -0.25) is 0 Å². The molecule has 0 N–H and O–H groups in total. The van der Waals surface area contributed by atoms with Gasteiger partial charge in [0.05, 0.1) is 64.0 Å². The van der Waals surface area contributed by atoms with Crippen molar-refractivity contribution in [3.8, 4) is 0 Å². The average molecular weight is 645 g/mol. The van der Waals surface area contributed by atoms with E-state index < -0.39 is 0 Å². The van der Waals surface area contributed by atoms with Gasteiger partial charge in [-0.15, -0.1) is 0 Å². The Hall–Kier alpha value is -2.37. The molecule has 0 spiro atoms. The van der Waals surface area contributed by atoms with Crippen molar-refractivity contribution in [3.05, 3.63) is 71.3 Å². The van der Waals surface area contributed by atoms with Gasteiger partial charge in [0.25, 0.3) is 0 Å². The van der Waals surface area contributed by atoms with Crippen LogP contribution >= 0.6 is 0 Å². The number of benzene rings is 2. The van der Waals surface area contributed by atoms with E-state index in [0.29, 0.717) is 43.7 Å². The third-order valence-corrected chi connectivity index (χ3v) is 6.77. The lowest BCUT2D eigenvalue weighted by Gasteiger charge is -2.18. The second kappa shape index (κ2) is 19.5. The Morgan fingerprint density at radius 1 is 0.696 bits per heavy atom. The largest absolute Gasteiger partial charge is 0.459 e. The van der Waals surface area contributed by atoms with Crippen LogP contribution in [0.5, 0.6) is 0 Å². The Morgan fingerprint density at radius 3 is 1.67 bits per heavy atom. The lowest BCUT2D eigenvalue weighted by atomic mass is 9.87. The zero-order valence-electron chi connectivity index (χ0n) is 29.0. The molecule has 258 valence electrons. The lowest BCUT2D eigenvalue weighted by Crippen LogP contribution is -2.21. The molecule has 4 atom stereocenters. The van der Waals surface area contributed by atoms with Gasteiger partial charge in [0, 0.05) is 6.61 Å². The molecule has 4 aliphatic rings. The Labute approximate surface area is 276 Å². The molecule has 0 aromatic heterocycles. The predicted molar refractivity (Wildman–Crippen MR) is 177 cm³/mol. The molecule has 0 amide bonds. The minimum Gasteiger partial charge on any atom is -0.459 e. The van der Waals surface area contributed by atoms with E-state index >= 15 is 0 Å². The van der Waals surface area contributed by atoms with Crippen molar-refractivity contribution in [1.29, 1.82) is 0 Å². The molecular formula is C37H56O9. The molecule has 4 fully saturated rings. The fraction of sp³-hybridized carbons (Fsp3) is 0.649. The second-order valence-corrected chi connectivity index (χ2v) is 13.7. The van der Waals surface area contributed by atoms with Crippen molar-refractivity contribution >= 4 is 5.97 Å². The maximum absolute atomic E-state index is 11.7. The normalized spacial score (nSPS) is 22.1. The number of rotatable bonds is 13. The van der Waals surface area contributed by atoms with Crippen LogP contribution in [0, 0.1) is 0 Å². The van der Waals surface area contributed by atoms with E-state index in [0.717, 1.165) is 52.7 Å². The first-order chi connectivity index (χ1) is 21.9. The summed E-state index contributed by atoms with van der Waals surface area (Å²) in [5, 5.41) is 0. The van der Waals surface area contributed by atoms with Crippen LogP contribution in [0.4, 0.5) is 0 Å². The minimum atomic E-state index is -0.277. The molecule has 9 heteroatoms. The highest BCUT2D eigenvalue weighted by atomic mass is 16.6. The van der Waals surface area contributed by atoms with Crippen LogP contribution in [0.25, 0.3) is 0 Å². The highest BCUT2D eigenvalue weighted by Gasteiger charge is 2.26. The van der Waals surface area contributed by atoms with Crippen LogP contribution in [0.1, 0.15) is 76.4 Å². The molecule has 9 nitrogen and oxygen atoms in total. The van der Waals surface area contributed by atoms with Gasteiger partial charge in [0.15, 0.2) is 0 Å². The van der Waals surface area contributed by atoms with E-state index in [9.17, 15) is 4.79 Å². The van der Waals surface area contributed by atoms with Crippen molar-refractivity contribution in [3.63, 3.8) is 0 Å². The van der Waals surface area contributed by atoms with Gasteiger partial charge in [-0.05, 0) is 55.9 Å². The van der Waals surface area contributed by atoms with Crippen molar-refractivity contribution in [2.45, 2.75) is 96.9 Å². The van der Waals surface area contributed by atoms with Gasteiger partial charge < -0.3 is 37.9 Å². The zero-order valence-corrected chi connectivity index (χ0v) is 29.0. The van der Waals surface area contributed by atoms with Gasteiger partial charge >= 0.3 is 5.97 Å². The summed E-state index contributed by atoms with van der Waals surface area (Å²) in [6.45, 7) is 22.3. The summed E-state index contributed by atoms with van der Waals surface area (Å²) in [6.07, 6.45) is 2.42. The molecule has 46 heavy (non-hydrogen) atoms. The maximum atomic E-state index is 11.7. The monoisotopic (exact) mass is 644 g/mol. The topological polar surface area (TPSA) is 104 Å². The van der Waals surface area contributed by atoms with Gasteiger partial charge in [0.2, 0.25) is 0 Å². The van der Waals surface area contributed by atoms with E-state index in [1.807, 2.05) is 42.5 Å². The van der Waals surface area contributed by atoms with E-state index in [1.54, 1.807) is 0 Å². The summed E-state index contributed by atoms with van der Waals surface area (Å²) < 4.78 is 41.1. The molecule has 2 aromatic rings. The van der Waals surface area contributed by atoms with E-state index in [4.69, 9.17) is 37.9 Å². The third-order valence-electron chi connectivity index (χ3n) is 6.77. The van der Waals surface area contributed by atoms with E-state index in [2.05, 4.69) is 60.6 Å². The van der Waals surface area contributed by atoms with Gasteiger partial charge in [0.1, 0.15) is 31.0 Å². The first-order valence-corrected chi connectivity index (χ1v) is 16.5. The number of ether oxygens (including phenoxy) is 8. The molecule has 6 rings (SSSR count). The van der Waals surface area contributed by atoms with Crippen LogP contribution in [0.2, 0.25) is 0 Å². The molecule has 2 aromatic carbocycles. The molecule has 4 aliphatic heterocycles.